The minimum absolute atomic E-state index is 0.0177. The number of amides is 1. The molecule has 3 saturated carbocycles. The highest BCUT2D eigenvalue weighted by Crippen LogP contribution is 2.78. The summed E-state index contributed by atoms with van der Waals surface area (Å²) in [5.41, 5.74) is 1.62. The Morgan fingerprint density at radius 2 is 1.53 bits per heavy atom. The second-order valence-corrected chi connectivity index (χ2v) is 19.6. The standard InChI is InChI=1S/C51H57NO6S/c1-47-22-18-38(53)31-49(47)25-26-51(40(32-49)46(55)37-15-13-36(14-16-37)35-9-6-5-7-10-35)43(47)19-23-48(2)44(51)20-24-50(48,56)33-52(27-21-39-11-8-28-59-39)45(54)30-34-12-17-41(57-3)42(29-34)58-4/h5-17,25-26,28-29,32,38,43-44,53,56H,18-24,27,30-31,33H2,1-4H3. The summed E-state index contributed by atoms with van der Waals surface area (Å²) in [6.45, 7) is 5.38. The van der Waals surface area contributed by atoms with Gasteiger partial charge in [-0.2, -0.15) is 0 Å². The number of aliphatic hydroxyl groups excluding tert-OH is 1. The van der Waals surface area contributed by atoms with Crippen LogP contribution in [0, 0.1) is 33.5 Å². The van der Waals surface area contributed by atoms with E-state index < -0.39 is 27.9 Å². The van der Waals surface area contributed by atoms with Crippen LogP contribution in [0.25, 0.3) is 11.1 Å². The number of aliphatic hydroxyl groups is 2. The molecular formula is C51H57NO6S. The molecule has 1 aromatic heterocycles. The van der Waals surface area contributed by atoms with E-state index in [9.17, 15) is 15.0 Å². The highest BCUT2D eigenvalue weighted by Gasteiger charge is 2.74. The molecule has 3 fully saturated rings. The fourth-order valence-corrected chi connectivity index (χ4v) is 13.5. The third kappa shape index (κ3) is 6.26. The van der Waals surface area contributed by atoms with Crippen molar-refractivity contribution < 1.29 is 29.3 Å². The van der Waals surface area contributed by atoms with Crippen LogP contribution in [0.15, 0.2) is 114 Å². The van der Waals surface area contributed by atoms with Gasteiger partial charge in [-0.25, -0.2) is 0 Å². The van der Waals surface area contributed by atoms with Gasteiger partial charge in [0.05, 0.1) is 32.3 Å². The van der Waals surface area contributed by atoms with Crippen LogP contribution in [0.2, 0.25) is 0 Å². The van der Waals surface area contributed by atoms with Crippen LogP contribution < -0.4 is 9.47 Å². The van der Waals surface area contributed by atoms with Crippen molar-refractivity contribution in [2.75, 3.05) is 27.3 Å². The van der Waals surface area contributed by atoms with Gasteiger partial charge in [0.1, 0.15) is 0 Å². The number of methoxy groups -OCH3 is 2. The molecule has 2 spiro atoms. The molecule has 3 aromatic carbocycles. The molecule has 6 aliphatic rings. The van der Waals surface area contributed by atoms with E-state index in [0.29, 0.717) is 42.9 Å². The van der Waals surface area contributed by atoms with Gasteiger partial charge >= 0.3 is 0 Å². The zero-order valence-corrected chi connectivity index (χ0v) is 35.6. The van der Waals surface area contributed by atoms with Crippen LogP contribution in [-0.4, -0.2) is 65.8 Å². The Kier molecular flexibility index (Phi) is 10.1. The van der Waals surface area contributed by atoms with E-state index >= 15 is 4.79 Å². The second-order valence-electron chi connectivity index (χ2n) is 18.6. The largest absolute Gasteiger partial charge is 0.493 e. The smallest absolute Gasteiger partial charge is 0.227 e. The van der Waals surface area contributed by atoms with E-state index in [-0.39, 0.29) is 41.9 Å². The minimum atomic E-state index is -1.17. The molecule has 1 heterocycles. The van der Waals surface area contributed by atoms with Crippen molar-refractivity contribution in [2.24, 2.45) is 33.5 Å². The van der Waals surface area contributed by atoms with Gasteiger partial charge in [0.2, 0.25) is 5.91 Å². The van der Waals surface area contributed by atoms with Crippen LogP contribution in [0.1, 0.15) is 79.6 Å². The first-order chi connectivity index (χ1) is 28.4. The van der Waals surface area contributed by atoms with Crippen LogP contribution in [0.3, 0.4) is 0 Å². The lowest BCUT2D eigenvalue weighted by atomic mass is 9.32. The van der Waals surface area contributed by atoms with Crippen molar-refractivity contribution in [1.29, 1.82) is 0 Å². The zero-order valence-electron chi connectivity index (χ0n) is 34.8. The van der Waals surface area contributed by atoms with Gasteiger partial charge in [-0.05, 0) is 109 Å². The summed E-state index contributed by atoms with van der Waals surface area (Å²) in [6.07, 6.45) is 12.7. The van der Waals surface area contributed by atoms with Crippen molar-refractivity contribution in [3.05, 3.63) is 130 Å². The summed E-state index contributed by atoms with van der Waals surface area (Å²) >= 11 is 1.68. The molecule has 7 nitrogen and oxygen atoms in total. The average Bonchev–Trinajstić information content (AvgIpc) is 3.87. The third-order valence-electron chi connectivity index (χ3n) is 16.0. The number of ether oxygens (including phenoxy) is 2. The molecule has 0 saturated heterocycles. The summed E-state index contributed by atoms with van der Waals surface area (Å²) in [4.78, 5) is 32.8. The number of ketones is 1. The van der Waals surface area contributed by atoms with Crippen LogP contribution in [-0.2, 0) is 17.6 Å². The maximum absolute atomic E-state index is 15.2. The van der Waals surface area contributed by atoms with Gasteiger partial charge < -0.3 is 24.6 Å². The third-order valence-corrected chi connectivity index (χ3v) is 17.0. The molecule has 6 aliphatic carbocycles. The molecule has 308 valence electrons. The number of rotatable bonds is 12. The van der Waals surface area contributed by atoms with Gasteiger partial charge in [-0.3, -0.25) is 9.59 Å². The van der Waals surface area contributed by atoms with E-state index in [1.165, 1.54) is 4.88 Å². The number of benzene rings is 3. The highest BCUT2D eigenvalue weighted by molar-refractivity contribution is 7.09. The number of thiophene rings is 1. The monoisotopic (exact) mass is 811 g/mol. The van der Waals surface area contributed by atoms with Gasteiger partial charge in [0.15, 0.2) is 17.3 Å². The quantitative estimate of drug-likeness (QED) is 0.109. The number of allylic oxidation sites excluding steroid dienone is 4. The molecule has 0 radical (unpaired) electrons. The fraction of sp³-hybridized carbons (Fsp3) is 0.451. The Morgan fingerprint density at radius 3 is 2.25 bits per heavy atom. The molecule has 2 bridgehead atoms. The Balaban J connectivity index is 1.07. The first kappa shape index (κ1) is 39.9. The molecule has 10 rings (SSSR count). The lowest BCUT2D eigenvalue weighted by Crippen LogP contribution is -2.67. The predicted octanol–water partition coefficient (Wildman–Crippen LogP) is 9.52. The summed E-state index contributed by atoms with van der Waals surface area (Å²) < 4.78 is 11.0. The first-order valence-electron chi connectivity index (χ1n) is 21.4. The summed E-state index contributed by atoms with van der Waals surface area (Å²) in [6, 6.07) is 28.0. The van der Waals surface area contributed by atoms with Crippen molar-refractivity contribution in [3.8, 4) is 22.6 Å². The maximum Gasteiger partial charge on any atom is 0.227 e. The second kappa shape index (κ2) is 14.9. The van der Waals surface area contributed by atoms with Crippen LogP contribution in [0.4, 0.5) is 0 Å². The maximum atomic E-state index is 15.2. The zero-order chi connectivity index (χ0) is 41.2. The summed E-state index contributed by atoms with van der Waals surface area (Å²) in [5.74, 6) is 1.36. The SMILES string of the molecule is COc1ccc(CC(=O)N(CCc2cccs2)CC2(O)CCC3C45C=CC6(C=C4C(=O)c4ccc(-c7ccccc7)cc4)CC(O)CCC6(C)C5CCC32C)cc1OC. The molecular weight excluding hydrogens is 755 g/mol. The van der Waals surface area contributed by atoms with Gasteiger partial charge in [0, 0.05) is 45.3 Å². The van der Waals surface area contributed by atoms with Crippen LogP contribution in [0.5, 0.6) is 11.5 Å². The molecule has 0 aliphatic heterocycles. The van der Waals surface area contributed by atoms with Gasteiger partial charge in [-0.1, -0.05) is 98.8 Å². The Hall–Kier alpha value is -4.50. The predicted molar refractivity (Wildman–Crippen MR) is 233 cm³/mol. The Labute approximate surface area is 352 Å². The Bertz CT molecular complexity index is 2290. The lowest BCUT2D eigenvalue weighted by molar-refractivity contribution is -0.178. The minimum Gasteiger partial charge on any atom is -0.493 e. The molecule has 8 unspecified atom stereocenters. The topological polar surface area (TPSA) is 96.3 Å². The van der Waals surface area contributed by atoms with E-state index in [2.05, 4.69) is 55.7 Å². The van der Waals surface area contributed by atoms with E-state index in [0.717, 1.165) is 54.4 Å². The number of hydrogen-bond donors (Lipinski definition) is 2. The van der Waals surface area contributed by atoms with Crippen LogP contribution >= 0.6 is 11.3 Å². The van der Waals surface area contributed by atoms with Gasteiger partial charge in [0.25, 0.3) is 0 Å². The van der Waals surface area contributed by atoms with E-state index in [1.54, 1.807) is 25.6 Å². The number of carbonyl (C=O) groups excluding carboxylic acids is 2. The highest BCUT2D eigenvalue weighted by atomic mass is 32.1. The molecule has 4 aromatic rings. The number of carbonyl (C=O) groups is 2. The molecule has 59 heavy (non-hydrogen) atoms. The number of hydrogen-bond acceptors (Lipinski definition) is 7. The molecule has 1 amide bonds. The molecule has 2 N–H and O–H groups in total. The fourth-order valence-electron chi connectivity index (χ4n) is 12.8. The normalized spacial score (nSPS) is 32.7. The molecule has 8 atom stereocenters. The number of Topliss-reactive ketones (excluding diaryl/α,β-unsaturated/α-hetero) is 1. The average molecular weight is 812 g/mol. The van der Waals surface area contributed by atoms with E-state index in [4.69, 9.17) is 9.47 Å². The van der Waals surface area contributed by atoms with Crippen molar-refractivity contribution in [1.82, 2.24) is 4.90 Å². The lowest BCUT2D eigenvalue weighted by Gasteiger charge is -2.71. The summed E-state index contributed by atoms with van der Waals surface area (Å²) in [5, 5.41) is 26.5. The molecule has 8 heteroatoms. The summed E-state index contributed by atoms with van der Waals surface area (Å²) in [7, 11) is 3.20. The van der Waals surface area contributed by atoms with Crippen molar-refractivity contribution >= 4 is 23.0 Å². The first-order valence-corrected chi connectivity index (χ1v) is 22.3. The van der Waals surface area contributed by atoms with Crippen molar-refractivity contribution in [3.63, 3.8) is 0 Å². The Morgan fingerprint density at radius 1 is 0.814 bits per heavy atom. The number of nitrogens with zero attached hydrogens (tertiary/aromatic N) is 1. The van der Waals surface area contributed by atoms with Crippen molar-refractivity contribution in [2.45, 2.75) is 83.3 Å². The van der Waals surface area contributed by atoms with E-state index in [1.807, 2.05) is 71.6 Å². The van der Waals surface area contributed by atoms with Gasteiger partial charge in [-0.15, -0.1) is 11.3 Å². The number of fused-ring (bicyclic) bond motifs is 1.